The monoisotopic (exact) mass is 559 g/mol. The number of aliphatic carboxylic acids is 1. The van der Waals surface area contributed by atoms with Crippen molar-refractivity contribution in [2.45, 2.75) is 107 Å². The number of nitrogens with one attached hydrogen (secondary N) is 3. The average Bonchev–Trinajstić information content (AvgIpc) is 3.36. The van der Waals surface area contributed by atoms with Gasteiger partial charge in [-0.1, -0.05) is 20.3 Å². The Labute approximate surface area is 227 Å². The normalized spacial score (nSPS) is 39.6. The van der Waals surface area contributed by atoms with E-state index in [1.165, 1.54) is 41.5 Å². The summed E-state index contributed by atoms with van der Waals surface area (Å²) in [5.41, 5.74) is -9.12. The smallest absolute Gasteiger partial charge is 0.340 e. The molecule has 38 heavy (non-hydrogen) atoms. The number of rotatable bonds is 10. The number of aliphatic hydroxyl groups excluding tert-OH is 1. The molecule has 0 radical (unpaired) electrons. The lowest BCUT2D eigenvalue weighted by Crippen LogP contribution is -2.87. The summed E-state index contributed by atoms with van der Waals surface area (Å²) >= 11 is 1.79. The third-order valence-electron chi connectivity index (χ3n) is 9.22. The Morgan fingerprint density at radius 3 is 2.39 bits per heavy atom. The fourth-order valence-electron chi connectivity index (χ4n) is 6.04. The van der Waals surface area contributed by atoms with E-state index < -0.39 is 58.8 Å². The first-order valence-corrected chi connectivity index (χ1v) is 13.9. The summed E-state index contributed by atoms with van der Waals surface area (Å²) in [5, 5.41) is 41.2. The average molecular weight is 560 g/mol. The van der Waals surface area contributed by atoms with Gasteiger partial charge in [0.05, 0.1) is 29.8 Å². The second-order valence-corrected chi connectivity index (χ2v) is 12.9. The maximum Gasteiger partial charge on any atom is 0.340 e. The van der Waals surface area contributed by atoms with Gasteiger partial charge in [0.15, 0.2) is 0 Å². The Morgan fingerprint density at radius 1 is 1.16 bits per heavy atom. The highest BCUT2D eigenvalue weighted by molar-refractivity contribution is 8.00. The number of hydrogen-bond donors (Lipinski definition) is 6. The predicted molar refractivity (Wildman–Crippen MR) is 138 cm³/mol. The minimum absolute atomic E-state index is 0.0590. The quantitative estimate of drug-likeness (QED) is 0.125. The molecule has 3 rings (SSSR count). The number of urea groups is 1. The third-order valence-corrected chi connectivity index (χ3v) is 10.7. The SMILES string of the molecule is CC(=O)N[C@@]1(C)C(C)(CO)O[C@@](COC(=O)CCCCC2SC[C@@H]3NC(=O)N[C@H]23)(C(=O)O)C(C)(C)[C@@]1(C)O. The highest BCUT2D eigenvalue weighted by atomic mass is 32.2. The van der Waals surface area contributed by atoms with Gasteiger partial charge in [0, 0.05) is 29.8 Å². The van der Waals surface area contributed by atoms with Gasteiger partial charge in [0.25, 0.3) is 0 Å². The number of carboxylic acids is 1. The second kappa shape index (κ2) is 10.5. The van der Waals surface area contributed by atoms with Crippen LogP contribution in [0.1, 0.15) is 67.2 Å². The summed E-state index contributed by atoms with van der Waals surface area (Å²) < 4.78 is 11.5. The van der Waals surface area contributed by atoms with Crippen molar-refractivity contribution >= 4 is 35.6 Å². The number of hydrogen-bond acceptors (Lipinski definition) is 9. The lowest BCUT2D eigenvalue weighted by molar-refractivity contribution is -0.347. The molecule has 12 nitrogen and oxygen atoms in total. The maximum atomic E-state index is 12.7. The van der Waals surface area contributed by atoms with Gasteiger partial charge in [-0.25, -0.2) is 9.59 Å². The molecule has 3 fully saturated rings. The molecule has 0 bridgehead atoms. The number of carbonyl (C=O) groups excluding carboxylic acids is 3. The first-order valence-electron chi connectivity index (χ1n) is 12.9. The largest absolute Gasteiger partial charge is 0.479 e. The van der Waals surface area contributed by atoms with E-state index in [9.17, 15) is 34.5 Å². The lowest BCUT2D eigenvalue weighted by Gasteiger charge is -2.67. The Morgan fingerprint density at radius 2 is 1.82 bits per heavy atom. The number of unbranched alkanes of at least 4 members (excludes halogenated alkanes) is 1. The van der Waals surface area contributed by atoms with E-state index in [-0.39, 0.29) is 29.8 Å². The standard InChI is InChI=1S/C25H41N3O9S/c1-14(30)28-23(5)22(4,12-29)37-25(19(32)33,21(2,3)24(23,6)35)13-36-17(31)10-8-7-9-16-18-15(11-38-16)26-20(34)27-18/h15-16,18,29,35H,7-13H2,1-6H3,(H,28,30)(H,32,33)(H2,26,27,34)/t15-,16?,18-,22?,23-,24+,25-/m0/s1. The lowest BCUT2D eigenvalue weighted by atomic mass is 9.51. The zero-order chi connectivity index (χ0) is 28.7. The van der Waals surface area contributed by atoms with Gasteiger partial charge in [-0.15, -0.1) is 0 Å². The summed E-state index contributed by atoms with van der Waals surface area (Å²) in [6, 6.07) is 0.0583. The fraction of sp³-hybridized carbons (Fsp3) is 0.840. The van der Waals surface area contributed by atoms with Crippen LogP contribution in [0.2, 0.25) is 0 Å². The molecule has 0 aliphatic carbocycles. The molecule has 7 atom stereocenters. The molecule has 3 aliphatic rings. The van der Waals surface area contributed by atoms with Crippen molar-refractivity contribution in [1.82, 2.24) is 16.0 Å². The van der Waals surface area contributed by atoms with E-state index in [1.54, 1.807) is 11.8 Å². The van der Waals surface area contributed by atoms with Crippen LogP contribution >= 0.6 is 11.8 Å². The van der Waals surface area contributed by atoms with Crippen LogP contribution in [0.25, 0.3) is 0 Å². The summed E-state index contributed by atoms with van der Waals surface area (Å²) in [4.78, 5) is 48.9. The van der Waals surface area contributed by atoms with E-state index in [1.807, 2.05) is 0 Å². The Hall–Kier alpha value is -2.09. The number of aliphatic hydroxyl groups is 2. The van der Waals surface area contributed by atoms with Gasteiger partial charge < -0.3 is 40.7 Å². The van der Waals surface area contributed by atoms with Crippen molar-refractivity contribution in [1.29, 1.82) is 0 Å². The highest BCUT2D eigenvalue weighted by Crippen LogP contribution is 2.58. The molecule has 2 unspecified atom stereocenters. The molecule has 0 aromatic carbocycles. The topological polar surface area (TPSA) is 184 Å². The number of esters is 1. The predicted octanol–water partition coefficient (Wildman–Crippen LogP) is 0.532. The minimum atomic E-state index is -2.23. The fourth-order valence-corrected chi connectivity index (χ4v) is 7.58. The van der Waals surface area contributed by atoms with Crippen molar-refractivity contribution in [3.8, 4) is 0 Å². The van der Waals surface area contributed by atoms with E-state index in [0.717, 1.165) is 18.6 Å². The van der Waals surface area contributed by atoms with Crippen LogP contribution < -0.4 is 16.0 Å². The van der Waals surface area contributed by atoms with Crippen LogP contribution in [0.15, 0.2) is 0 Å². The summed E-state index contributed by atoms with van der Waals surface area (Å²) in [6.45, 7) is 7.03. The summed E-state index contributed by atoms with van der Waals surface area (Å²) in [5.74, 6) is -1.74. The molecule has 0 spiro atoms. The van der Waals surface area contributed by atoms with E-state index in [4.69, 9.17) is 9.47 Å². The molecule has 3 amide bonds. The van der Waals surface area contributed by atoms with Gasteiger partial charge in [-0.05, 0) is 33.6 Å². The number of amides is 3. The van der Waals surface area contributed by atoms with Gasteiger partial charge in [0.2, 0.25) is 11.5 Å². The Kier molecular flexibility index (Phi) is 8.39. The molecule has 216 valence electrons. The molecule has 13 heteroatoms. The van der Waals surface area contributed by atoms with Crippen molar-refractivity contribution in [2.24, 2.45) is 5.41 Å². The second-order valence-electron chi connectivity index (χ2n) is 11.7. The van der Waals surface area contributed by atoms with Crippen molar-refractivity contribution < 1.29 is 44.0 Å². The molecule has 0 saturated carbocycles. The number of carboxylic acid groups (broad SMARTS) is 1. The van der Waals surface area contributed by atoms with Crippen LogP contribution in [0.5, 0.6) is 0 Å². The van der Waals surface area contributed by atoms with Crippen molar-refractivity contribution in [3.63, 3.8) is 0 Å². The molecular formula is C25H41N3O9S. The molecule has 3 heterocycles. The van der Waals surface area contributed by atoms with E-state index >= 15 is 0 Å². The number of carbonyl (C=O) groups is 4. The molecule has 3 saturated heterocycles. The van der Waals surface area contributed by atoms with Crippen LogP contribution in [0.3, 0.4) is 0 Å². The van der Waals surface area contributed by atoms with Crippen LogP contribution in [-0.2, 0) is 23.9 Å². The van der Waals surface area contributed by atoms with Crippen LogP contribution in [0, 0.1) is 5.41 Å². The van der Waals surface area contributed by atoms with Crippen LogP contribution in [0.4, 0.5) is 4.79 Å². The molecule has 0 aromatic heterocycles. The first-order chi connectivity index (χ1) is 17.5. The zero-order valence-electron chi connectivity index (χ0n) is 22.9. The third kappa shape index (κ3) is 4.75. The summed E-state index contributed by atoms with van der Waals surface area (Å²) in [7, 11) is 0. The van der Waals surface area contributed by atoms with Gasteiger partial charge in [-0.3, -0.25) is 9.59 Å². The number of thioether (sulfide) groups is 1. The maximum absolute atomic E-state index is 12.7. The van der Waals surface area contributed by atoms with Gasteiger partial charge in [-0.2, -0.15) is 11.8 Å². The number of fused-ring (bicyclic) bond motifs is 1. The highest BCUT2D eigenvalue weighted by Gasteiger charge is 2.76. The summed E-state index contributed by atoms with van der Waals surface area (Å²) in [6.07, 6.45) is 2.12. The van der Waals surface area contributed by atoms with Crippen LogP contribution in [-0.4, -0.2) is 97.8 Å². The minimum Gasteiger partial charge on any atom is -0.479 e. The Balaban J connectivity index is 1.68. The first kappa shape index (κ1) is 30.5. The Bertz CT molecular complexity index is 976. The zero-order valence-corrected chi connectivity index (χ0v) is 23.7. The molecule has 3 aliphatic heterocycles. The van der Waals surface area contributed by atoms with Gasteiger partial charge in [0.1, 0.15) is 12.2 Å². The molecule has 6 N–H and O–H groups in total. The van der Waals surface area contributed by atoms with Crippen molar-refractivity contribution in [3.05, 3.63) is 0 Å². The molecular weight excluding hydrogens is 518 g/mol. The van der Waals surface area contributed by atoms with Crippen molar-refractivity contribution in [2.75, 3.05) is 19.0 Å². The van der Waals surface area contributed by atoms with E-state index in [0.29, 0.717) is 6.42 Å². The van der Waals surface area contributed by atoms with Gasteiger partial charge >= 0.3 is 18.0 Å². The molecule has 0 aromatic rings. The number of ether oxygens (including phenoxy) is 2. The van der Waals surface area contributed by atoms with E-state index in [2.05, 4.69) is 16.0 Å².